The fourth-order valence-electron chi connectivity index (χ4n) is 1.50. The molecule has 0 aromatic carbocycles. The first-order valence-electron chi connectivity index (χ1n) is 6.81. The zero-order valence-corrected chi connectivity index (χ0v) is 14.5. The second-order valence-corrected chi connectivity index (χ2v) is 12.3. The molecule has 2 nitrogen and oxygen atoms in total. The molecule has 108 valence electrons. The minimum absolute atomic E-state index is 0.118. The molecule has 0 aromatic rings. The Morgan fingerprint density at radius 3 is 2.00 bits per heavy atom. The van der Waals surface area contributed by atoms with Crippen molar-refractivity contribution >= 4 is 8.32 Å². The molecule has 0 bridgehead atoms. The Bertz CT molecular complexity index is 277. The van der Waals surface area contributed by atoms with Crippen molar-refractivity contribution < 1.29 is 9.53 Å². The van der Waals surface area contributed by atoms with Crippen LogP contribution >= 0.6 is 0 Å². The second-order valence-electron chi connectivity index (χ2n) is 7.52. The summed E-state index contributed by atoms with van der Waals surface area (Å²) in [5, 5.41) is 10.5. The first-order valence-corrected chi connectivity index (χ1v) is 9.71. The highest BCUT2D eigenvalue weighted by Crippen LogP contribution is 2.37. The number of rotatable bonds is 6. The monoisotopic (exact) mass is 272 g/mol. The minimum Gasteiger partial charge on any atom is -0.416 e. The van der Waals surface area contributed by atoms with Gasteiger partial charge < -0.3 is 9.53 Å². The average Bonchev–Trinajstić information content (AvgIpc) is 2.23. The third kappa shape index (κ3) is 4.52. The summed E-state index contributed by atoms with van der Waals surface area (Å²) in [6, 6.07) is 0. The SMILES string of the molecule is C=CC(C)(C)[C@H](O)[C@@H](C)CO[Si](C)(C)C(C)(C)C. The molecular weight excluding hydrogens is 240 g/mol. The molecule has 1 N–H and O–H groups in total. The van der Waals surface area contributed by atoms with E-state index in [-0.39, 0.29) is 16.4 Å². The van der Waals surface area contributed by atoms with Crippen LogP contribution in [-0.2, 0) is 4.43 Å². The summed E-state index contributed by atoms with van der Waals surface area (Å²) in [5.41, 5.74) is -0.268. The van der Waals surface area contributed by atoms with Gasteiger partial charge >= 0.3 is 0 Å². The Morgan fingerprint density at radius 1 is 1.22 bits per heavy atom. The van der Waals surface area contributed by atoms with Crippen LogP contribution in [0.2, 0.25) is 18.1 Å². The lowest BCUT2D eigenvalue weighted by Crippen LogP contribution is -2.44. The number of aliphatic hydroxyl groups is 1. The Labute approximate surface area is 115 Å². The molecule has 0 saturated heterocycles. The predicted molar refractivity (Wildman–Crippen MR) is 82.3 cm³/mol. The van der Waals surface area contributed by atoms with Gasteiger partial charge in [-0.3, -0.25) is 0 Å². The minimum atomic E-state index is -1.72. The zero-order valence-electron chi connectivity index (χ0n) is 13.5. The molecule has 0 aliphatic carbocycles. The van der Waals surface area contributed by atoms with Crippen LogP contribution in [0.15, 0.2) is 12.7 Å². The van der Waals surface area contributed by atoms with Gasteiger partial charge in [0.15, 0.2) is 8.32 Å². The van der Waals surface area contributed by atoms with Gasteiger partial charge in [0.2, 0.25) is 0 Å². The molecule has 0 unspecified atom stereocenters. The second kappa shape index (κ2) is 5.89. The van der Waals surface area contributed by atoms with Crippen molar-refractivity contribution in [2.45, 2.75) is 65.8 Å². The van der Waals surface area contributed by atoms with Crippen molar-refractivity contribution in [1.29, 1.82) is 0 Å². The van der Waals surface area contributed by atoms with E-state index in [9.17, 15) is 5.11 Å². The van der Waals surface area contributed by atoms with Crippen molar-refractivity contribution in [3.8, 4) is 0 Å². The maximum absolute atomic E-state index is 10.3. The highest BCUT2D eigenvalue weighted by Gasteiger charge is 2.38. The molecule has 2 atom stereocenters. The van der Waals surface area contributed by atoms with Gasteiger partial charge in [0.1, 0.15) is 0 Å². The lowest BCUT2D eigenvalue weighted by atomic mass is 9.81. The van der Waals surface area contributed by atoms with Crippen LogP contribution in [0, 0.1) is 11.3 Å². The first kappa shape index (κ1) is 17.9. The summed E-state index contributed by atoms with van der Waals surface area (Å²) < 4.78 is 6.16. The van der Waals surface area contributed by atoms with Crippen LogP contribution in [-0.4, -0.2) is 26.1 Å². The highest BCUT2D eigenvalue weighted by molar-refractivity contribution is 6.74. The normalized spacial score (nSPS) is 17.4. The smallest absolute Gasteiger partial charge is 0.191 e. The quantitative estimate of drug-likeness (QED) is 0.579. The zero-order chi connectivity index (χ0) is 14.8. The number of hydrogen-bond acceptors (Lipinski definition) is 2. The third-order valence-corrected chi connectivity index (χ3v) is 8.84. The lowest BCUT2D eigenvalue weighted by molar-refractivity contribution is 0.0136. The van der Waals surface area contributed by atoms with Crippen LogP contribution in [0.25, 0.3) is 0 Å². The highest BCUT2D eigenvalue weighted by atomic mass is 28.4. The van der Waals surface area contributed by atoms with Gasteiger partial charge in [-0.1, -0.05) is 47.6 Å². The van der Waals surface area contributed by atoms with Crippen LogP contribution in [0.5, 0.6) is 0 Å². The maximum Gasteiger partial charge on any atom is 0.191 e. The maximum atomic E-state index is 10.3. The molecule has 0 fully saturated rings. The largest absolute Gasteiger partial charge is 0.416 e. The summed E-state index contributed by atoms with van der Waals surface area (Å²) in [7, 11) is -1.72. The van der Waals surface area contributed by atoms with Gasteiger partial charge in [-0.15, -0.1) is 6.58 Å². The average molecular weight is 273 g/mol. The Balaban J connectivity index is 4.53. The Hall–Kier alpha value is -0.123. The summed E-state index contributed by atoms with van der Waals surface area (Å²) in [6.45, 7) is 21.6. The lowest BCUT2D eigenvalue weighted by Gasteiger charge is -2.39. The van der Waals surface area contributed by atoms with Crippen LogP contribution < -0.4 is 0 Å². The Morgan fingerprint density at radius 2 is 1.67 bits per heavy atom. The molecule has 0 saturated carbocycles. The molecule has 0 heterocycles. The van der Waals surface area contributed by atoms with E-state index in [2.05, 4.69) is 40.4 Å². The number of aliphatic hydroxyl groups excluding tert-OH is 1. The third-order valence-electron chi connectivity index (χ3n) is 4.34. The van der Waals surface area contributed by atoms with Crippen molar-refractivity contribution in [2.75, 3.05) is 6.61 Å². The molecule has 0 amide bonds. The van der Waals surface area contributed by atoms with Crippen molar-refractivity contribution in [3.63, 3.8) is 0 Å². The molecular formula is C15H32O2Si. The van der Waals surface area contributed by atoms with Gasteiger partial charge in [-0.2, -0.15) is 0 Å². The number of hydrogen-bond donors (Lipinski definition) is 1. The first-order chi connectivity index (χ1) is 7.85. The molecule has 0 spiro atoms. The van der Waals surface area contributed by atoms with Gasteiger partial charge in [0.25, 0.3) is 0 Å². The van der Waals surface area contributed by atoms with Crippen LogP contribution in [0.4, 0.5) is 0 Å². The van der Waals surface area contributed by atoms with E-state index >= 15 is 0 Å². The summed E-state index contributed by atoms with van der Waals surface area (Å²) >= 11 is 0. The van der Waals surface area contributed by atoms with Crippen molar-refractivity contribution in [1.82, 2.24) is 0 Å². The molecule has 0 rings (SSSR count). The van der Waals surface area contributed by atoms with Gasteiger partial charge in [-0.25, -0.2) is 0 Å². The predicted octanol–water partition coefficient (Wildman–Crippen LogP) is 4.22. The van der Waals surface area contributed by atoms with E-state index in [0.717, 1.165) is 0 Å². The molecule has 0 radical (unpaired) electrons. The fourth-order valence-corrected chi connectivity index (χ4v) is 2.61. The van der Waals surface area contributed by atoms with E-state index in [1.165, 1.54) is 0 Å². The Kier molecular flexibility index (Phi) is 5.85. The van der Waals surface area contributed by atoms with Gasteiger partial charge in [0.05, 0.1) is 6.10 Å². The van der Waals surface area contributed by atoms with Gasteiger partial charge in [0, 0.05) is 17.9 Å². The van der Waals surface area contributed by atoms with Crippen LogP contribution in [0.1, 0.15) is 41.5 Å². The molecule has 0 aliphatic rings. The standard InChI is InChI=1S/C15H32O2Si/c1-10-15(6,7)13(16)12(2)11-17-18(8,9)14(3,4)5/h10,12-13,16H,1,11H2,2-9H3/t12-,13+/m0/s1. The molecule has 0 aliphatic heterocycles. The van der Waals surface area contributed by atoms with E-state index < -0.39 is 14.4 Å². The molecule has 3 heteroatoms. The fraction of sp³-hybridized carbons (Fsp3) is 0.867. The van der Waals surface area contributed by atoms with Crippen LogP contribution in [0.3, 0.4) is 0 Å². The van der Waals surface area contributed by atoms with E-state index in [0.29, 0.717) is 6.61 Å². The summed E-state index contributed by atoms with van der Waals surface area (Å²) in [6.07, 6.45) is 1.40. The summed E-state index contributed by atoms with van der Waals surface area (Å²) in [4.78, 5) is 0. The molecule has 18 heavy (non-hydrogen) atoms. The molecule has 0 aromatic heterocycles. The van der Waals surface area contributed by atoms with Gasteiger partial charge in [-0.05, 0) is 18.1 Å². The van der Waals surface area contributed by atoms with Crippen molar-refractivity contribution in [3.05, 3.63) is 12.7 Å². The van der Waals surface area contributed by atoms with E-state index in [1.807, 2.05) is 26.8 Å². The topological polar surface area (TPSA) is 29.5 Å². The van der Waals surface area contributed by atoms with Crippen molar-refractivity contribution in [2.24, 2.45) is 11.3 Å². The van der Waals surface area contributed by atoms with E-state index in [1.54, 1.807) is 0 Å². The van der Waals surface area contributed by atoms with E-state index in [4.69, 9.17) is 4.43 Å². The summed E-state index contributed by atoms with van der Waals surface area (Å²) in [5.74, 6) is 0.118.